The Bertz CT molecular complexity index is 1180. The third-order valence-electron chi connectivity index (χ3n) is 5.86. The maximum atomic E-state index is 4.96. The van der Waals surface area contributed by atoms with Gasteiger partial charge in [-0.3, -0.25) is 4.68 Å². The first-order valence-electron chi connectivity index (χ1n) is 11.3. The Balaban J connectivity index is 2.03. The van der Waals surface area contributed by atoms with Crippen LogP contribution in [-0.2, 0) is 5.54 Å². The highest BCUT2D eigenvalue weighted by atomic mass is 15.3. The van der Waals surface area contributed by atoms with Crippen molar-refractivity contribution < 1.29 is 0 Å². The van der Waals surface area contributed by atoms with Gasteiger partial charge in [0.25, 0.3) is 0 Å². The summed E-state index contributed by atoms with van der Waals surface area (Å²) in [5, 5.41) is 4.96. The molecule has 2 heteroatoms. The van der Waals surface area contributed by atoms with Crippen molar-refractivity contribution in [1.82, 2.24) is 9.78 Å². The summed E-state index contributed by atoms with van der Waals surface area (Å²) >= 11 is 0. The van der Waals surface area contributed by atoms with Gasteiger partial charge in [0.1, 0.15) is 5.54 Å². The van der Waals surface area contributed by atoms with Crippen LogP contribution >= 0.6 is 0 Å². The average molecular weight is 431 g/mol. The highest BCUT2D eigenvalue weighted by molar-refractivity contribution is 5.78. The minimum atomic E-state index is -0.612. The lowest BCUT2D eigenvalue weighted by Gasteiger charge is -2.36. The van der Waals surface area contributed by atoms with Crippen LogP contribution in [0.3, 0.4) is 0 Å². The van der Waals surface area contributed by atoms with Gasteiger partial charge in [0.2, 0.25) is 0 Å². The second-order valence-corrected chi connectivity index (χ2v) is 8.59. The van der Waals surface area contributed by atoms with Crippen molar-refractivity contribution in [3.8, 4) is 0 Å². The molecule has 0 amide bonds. The van der Waals surface area contributed by atoms with Crippen LogP contribution in [0.5, 0.6) is 0 Å². The van der Waals surface area contributed by atoms with Gasteiger partial charge in [-0.2, -0.15) is 5.10 Å². The number of nitrogens with zero attached hydrogens (tertiary/aromatic N) is 2. The van der Waals surface area contributed by atoms with Crippen LogP contribution in [-0.4, -0.2) is 9.78 Å². The number of hydrogen-bond donors (Lipinski definition) is 0. The van der Waals surface area contributed by atoms with Crippen molar-refractivity contribution in [2.75, 3.05) is 0 Å². The first kappa shape index (κ1) is 22.3. The summed E-state index contributed by atoms with van der Waals surface area (Å²) < 4.78 is 2.10. The molecule has 0 spiro atoms. The van der Waals surface area contributed by atoms with Crippen molar-refractivity contribution in [3.63, 3.8) is 0 Å². The van der Waals surface area contributed by atoms with E-state index in [2.05, 4.69) is 134 Å². The topological polar surface area (TPSA) is 17.8 Å². The van der Waals surface area contributed by atoms with Crippen LogP contribution in [0, 0.1) is 0 Å². The molecule has 0 aliphatic rings. The van der Waals surface area contributed by atoms with Gasteiger partial charge in [-0.15, -0.1) is 0 Å². The molecule has 0 aliphatic heterocycles. The first-order chi connectivity index (χ1) is 16.0. The van der Waals surface area contributed by atoms with Crippen molar-refractivity contribution in [3.05, 3.63) is 156 Å². The summed E-state index contributed by atoms with van der Waals surface area (Å²) in [5.41, 5.74) is 7.24. The summed E-state index contributed by atoms with van der Waals surface area (Å²) in [7, 11) is 0. The third-order valence-corrected chi connectivity index (χ3v) is 5.86. The van der Waals surface area contributed by atoms with E-state index >= 15 is 0 Å². The number of rotatable bonds is 7. The van der Waals surface area contributed by atoms with Gasteiger partial charge in [-0.25, -0.2) is 0 Å². The molecule has 3 aromatic carbocycles. The predicted octanol–water partition coefficient (Wildman–Crippen LogP) is 7.65. The number of benzene rings is 3. The number of allylic oxidation sites excluding steroid dienone is 5. The van der Waals surface area contributed by atoms with Gasteiger partial charge >= 0.3 is 0 Å². The van der Waals surface area contributed by atoms with E-state index in [0.29, 0.717) is 0 Å². The van der Waals surface area contributed by atoms with Gasteiger partial charge in [-0.1, -0.05) is 121 Å². The van der Waals surface area contributed by atoms with Gasteiger partial charge in [0.15, 0.2) is 0 Å². The fourth-order valence-electron chi connectivity index (χ4n) is 4.32. The Hall–Kier alpha value is -3.91. The lowest BCUT2D eigenvalue weighted by atomic mass is 9.77. The fourth-order valence-corrected chi connectivity index (χ4v) is 4.32. The van der Waals surface area contributed by atoms with Crippen molar-refractivity contribution in [2.45, 2.75) is 26.3 Å². The Morgan fingerprint density at radius 1 is 0.727 bits per heavy atom. The molecule has 0 unspecified atom stereocenters. The standard InChI is InChI=1S/C31H30N2/c1-24(2)20-21-30(25(3)4)26-22-32-33(23-26)31(27-14-8-5-9-15-27,28-16-10-6-11-17-28)29-18-12-7-13-19-29/h5-23H,3H2,1-2,4H3/b30-21+. The molecule has 33 heavy (non-hydrogen) atoms. The van der Waals surface area contributed by atoms with E-state index in [1.807, 2.05) is 13.1 Å². The first-order valence-corrected chi connectivity index (χ1v) is 11.3. The lowest BCUT2D eigenvalue weighted by molar-refractivity contribution is 0.460. The van der Waals surface area contributed by atoms with E-state index in [9.17, 15) is 0 Å². The quantitative estimate of drug-likeness (QED) is 0.217. The summed E-state index contributed by atoms with van der Waals surface area (Å²) in [5.74, 6) is 0. The minimum Gasteiger partial charge on any atom is -0.252 e. The highest BCUT2D eigenvalue weighted by Gasteiger charge is 2.39. The molecule has 164 valence electrons. The molecule has 0 saturated heterocycles. The molecule has 0 atom stereocenters. The number of hydrogen-bond acceptors (Lipinski definition) is 1. The van der Waals surface area contributed by atoms with Gasteiger partial charge < -0.3 is 0 Å². The molecular weight excluding hydrogens is 400 g/mol. The van der Waals surface area contributed by atoms with Crippen molar-refractivity contribution in [2.24, 2.45) is 0 Å². The van der Waals surface area contributed by atoms with Crippen LogP contribution in [0.25, 0.3) is 5.57 Å². The van der Waals surface area contributed by atoms with E-state index in [1.54, 1.807) is 0 Å². The number of aromatic nitrogens is 2. The zero-order valence-corrected chi connectivity index (χ0v) is 19.6. The molecule has 1 aromatic heterocycles. The maximum absolute atomic E-state index is 4.96. The molecule has 0 fully saturated rings. The highest BCUT2D eigenvalue weighted by Crippen LogP contribution is 2.41. The Morgan fingerprint density at radius 2 is 1.18 bits per heavy atom. The van der Waals surface area contributed by atoms with Gasteiger partial charge in [0, 0.05) is 11.8 Å². The lowest BCUT2D eigenvalue weighted by Crippen LogP contribution is -2.38. The van der Waals surface area contributed by atoms with E-state index in [1.165, 1.54) is 5.57 Å². The van der Waals surface area contributed by atoms with Crippen LogP contribution in [0.15, 0.2) is 133 Å². The fraction of sp³-hybridized carbons (Fsp3) is 0.129. The van der Waals surface area contributed by atoms with Crippen LogP contribution < -0.4 is 0 Å². The molecule has 1 heterocycles. The van der Waals surface area contributed by atoms with Crippen LogP contribution in [0.4, 0.5) is 0 Å². The second kappa shape index (κ2) is 9.70. The van der Waals surface area contributed by atoms with E-state index in [4.69, 9.17) is 5.10 Å². The van der Waals surface area contributed by atoms with Gasteiger partial charge in [0.05, 0.1) is 6.20 Å². The summed E-state index contributed by atoms with van der Waals surface area (Å²) in [6.07, 6.45) is 8.35. The molecule has 2 nitrogen and oxygen atoms in total. The molecule has 0 saturated carbocycles. The zero-order chi connectivity index (χ0) is 23.3. The van der Waals surface area contributed by atoms with Crippen LogP contribution in [0.2, 0.25) is 0 Å². The molecular formula is C31H30N2. The molecule has 4 aromatic rings. The van der Waals surface area contributed by atoms with E-state index in [-0.39, 0.29) is 0 Å². The largest absolute Gasteiger partial charge is 0.252 e. The van der Waals surface area contributed by atoms with E-state index < -0.39 is 5.54 Å². The van der Waals surface area contributed by atoms with Crippen LogP contribution in [0.1, 0.15) is 43.0 Å². The van der Waals surface area contributed by atoms with Gasteiger partial charge in [-0.05, 0) is 43.0 Å². The third kappa shape index (κ3) is 4.38. The summed E-state index contributed by atoms with van der Waals surface area (Å²) in [6, 6.07) is 31.8. The van der Waals surface area contributed by atoms with E-state index in [0.717, 1.165) is 33.4 Å². The molecule has 0 aliphatic carbocycles. The molecule has 0 radical (unpaired) electrons. The average Bonchev–Trinajstić information content (AvgIpc) is 3.31. The predicted molar refractivity (Wildman–Crippen MR) is 139 cm³/mol. The normalized spacial score (nSPS) is 11.8. The molecule has 4 rings (SSSR count). The van der Waals surface area contributed by atoms with Crippen molar-refractivity contribution in [1.29, 1.82) is 0 Å². The maximum Gasteiger partial charge on any atom is 0.138 e. The molecule has 0 N–H and O–H groups in total. The Labute approximate surface area is 197 Å². The van der Waals surface area contributed by atoms with Crippen molar-refractivity contribution >= 4 is 5.57 Å². The Morgan fingerprint density at radius 3 is 1.58 bits per heavy atom. The zero-order valence-electron chi connectivity index (χ0n) is 19.6. The molecule has 0 bridgehead atoms. The SMILES string of the molecule is C=C(C)/C(=C\C=C(C)C)c1cnn(C(c2ccccc2)(c2ccccc2)c2ccccc2)c1. The minimum absolute atomic E-state index is 0.612. The summed E-state index contributed by atoms with van der Waals surface area (Å²) in [4.78, 5) is 0. The summed E-state index contributed by atoms with van der Waals surface area (Å²) in [6.45, 7) is 10.5. The second-order valence-electron chi connectivity index (χ2n) is 8.59. The monoisotopic (exact) mass is 430 g/mol. The Kier molecular flexibility index (Phi) is 6.55. The smallest absolute Gasteiger partial charge is 0.138 e.